The number of thiophene rings is 1. The highest BCUT2D eigenvalue weighted by molar-refractivity contribution is 9.11. The summed E-state index contributed by atoms with van der Waals surface area (Å²) in [5, 5.41) is 10.3. The van der Waals surface area contributed by atoms with Crippen LogP contribution < -0.4 is 5.69 Å². The van der Waals surface area contributed by atoms with E-state index in [2.05, 4.69) is 25.9 Å². The highest BCUT2D eigenvalue weighted by Crippen LogP contribution is 2.31. The van der Waals surface area contributed by atoms with E-state index in [1.807, 2.05) is 18.2 Å². The number of aliphatic hydroxyl groups is 1. The number of fused-ring (bicyclic) bond motifs is 1. The predicted molar refractivity (Wildman–Crippen MR) is 75.0 cm³/mol. The topological polar surface area (TPSA) is 68.9 Å². The highest BCUT2D eigenvalue weighted by atomic mass is 79.9. The molecular formula is C12H9BrN2O2S. The summed E-state index contributed by atoms with van der Waals surface area (Å²) in [6.45, 7) is 0. The lowest BCUT2D eigenvalue weighted by atomic mass is 10.1. The Hall–Kier alpha value is -1.37. The largest absolute Gasteiger partial charge is 0.383 e. The molecule has 92 valence electrons. The van der Waals surface area contributed by atoms with Crippen molar-refractivity contribution in [3.63, 3.8) is 0 Å². The molecule has 0 bridgehead atoms. The van der Waals surface area contributed by atoms with Gasteiger partial charge in [-0.1, -0.05) is 6.07 Å². The first-order valence-corrected chi connectivity index (χ1v) is 6.90. The van der Waals surface area contributed by atoms with Crippen molar-refractivity contribution < 1.29 is 5.11 Å². The molecule has 4 nitrogen and oxygen atoms in total. The molecule has 0 saturated heterocycles. The predicted octanol–water partition coefficient (Wildman–Crippen LogP) is 2.76. The number of halogens is 1. The van der Waals surface area contributed by atoms with Crippen LogP contribution in [0.3, 0.4) is 0 Å². The van der Waals surface area contributed by atoms with Gasteiger partial charge >= 0.3 is 5.69 Å². The molecule has 2 heterocycles. The Morgan fingerprint density at radius 2 is 1.94 bits per heavy atom. The fraction of sp³-hybridized carbons (Fsp3) is 0.0833. The Labute approximate surface area is 114 Å². The number of rotatable bonds is 2. The zero-order chi connectivity index (χ0) is 12.7. The first-order valence-electron chi connectivity index (χ1n) is 5.29. The monoisotopic (exact) mass is 324 g/mol. The van der Waals surface area contributed by atoms with Crippen molar-refractivity contribution in [1.29, 1.82) is 0 Å². The van der Waals surface area contributed by atoms with Crippen LogP contribution in [0, 0.1) is 0 Å². The summed E-state index contributed by atoms with van der Waals surface area (Å²) < 4.78 is 0.979. The Morgan fingerprint density at radius 1 is 1.17 bits per heavy atom. The maximum atomic E-state index is 11.2. The third-order valence-corrected chi connectivity index (χ3v) is 4.40. The normalized spacial score (nSPS) is 13.0. The molecule has 0 fully saturated rings. The Balaban J connectivity index is 2.05. The number of hydrogen-bond acceptors (Lipinski definition) is 3. The SMILES string of the molecule is O=c1[nH]c2ccc(C(O)c3ccc(Br)s3)cc2[nH]1. The Morgan fingerprint density at radius 3 is 2.67 bits per heavy atom. The summed E-state index contributed by atoms with van der Waals surface area (Å²) in [5.74, 6) is 0. The summed E-state index contributed by atoms with van der Waals surface area (Å²) in [4.78, 5) is 17.4. The summed E-state index contributed by atoms with van der Waals surface area (Å²) in [6.07, 6.45) is -0.677. The van der Waals surface area contributed by atoms with E-state index in [1.165, 1.54) is 11.3 Å². The molecule has 3 rings (SSSR count). The lowest BCUT2D eigenvalue weighted by molar-refractivity contribution is 0.224. The van der Waals surface area contributed by atoms with Gasteiger partial charge in [0.1, 0.15) is 6.10 Å². The fourth-order valence-corrected chi connectivity index (χ4v) is 3.30. The van der Waals surface area contributed by atoms with E-state index in [-0.39, 0.29) is 5.69 Å². The molecule has 1 unspecified atom stereocenters. The number of aliphatic hydroxyl groups excluding tert-OH is 1. The van der Waals surface area contributed by atoms with Crippen LogP contribution in [-0.2, 0) is 0 Å². The van der Waals surface area contributed by atoms with Gasteiger partial charge in [-0.3, -0.25) is 0 Å². The second kappa shape index (κ2) is 4.38. The van der Waals surface area contributed by atoms with Crippen LogP contribution >= 0.6 is 27.3 Å². The van der Waals surface area contributed by atoms with Crippen LogP contribution in [-0.4, -0.2) is 15.1 Å². The van der Waals surface area contributed by atoms with E-state index < -0.39 is 6.10 Å². The van der Waals surface area contributed by atoms with Crippen molar-refractivity contribution in [2.45, 2.75) is 6.10 Å². The minimum Gasteiger partial charge on any atom is -0.383 e. The van der Waals surface area contributed by atoms with Crippen molar-refractivity contribution in [3.8, 4) is 0 Å². The first kappa shape index (κ1) is 11.7. The van der Waals surface area contributed by atoms with Crippen LogP contribution in [0.25, 0.3) is 11.0 Å². The highest BCUT2D eigenvalue weighted by Gasteiger charge is 2.13. The number of aromatic nitrogens is 2. The quantitative estimate of drug-likeness (QED) is 0.678. The molecule has 0 aliphatic rings. The second-order valence-corrected chi connectivity index (χ2v) is 6.42. The standard InChI is InChI=1S/C12H9BrN2O2S/c13-10-4-3-9(18-10)11(16)6-1-2-7-8(5-6)15-12(17)14-7/h1-5,11,16H,(H2,14,15,17). The van der Waals surface area contributed by atoms with E-state index in [0.29, 0.717) is 5.52 Å². The number of H-pyrrole nitrogens is 2. The molecule has 0 aliphatic heterocycles. The average molecular weight is 325 g/mol. The summed E-state index contributed by atoms with van der Waals surface area (Å²) in [6, 6.07) is 9.16. The number of aromatic amines is 2. The molecular weight excluding hydrogens is 316 g/mol. The third-order valence-electron chi connectivity index (χ3n) is 2.72. The van der Waals surface area contributed by atoms with Crippen molar-refractivity contribution in [2.24, 2.45) is 0 Å². The first-order chi connectivity index (χ1) is 8.63. The summed E-state index contributed by atoms with van der Waals surface area (Å²) >= 11 is 4.86. The zero-order valence-electron chi connectivity index (χ0n) is 9.11. The van der Waals surface area contributed by atoms with Gasteiger partial charge in [0.25, 0.3) is 0 Å². The number of nitrogens with one attached hydrogen (secondary N) is 2. The molecule has 2 aromatic heterocycles. The van der Waals surface area contributed by atoms with Crippen LogP contribution in [0.2, 0.25) is 0 Å². The maximum absolute atomic E-state index is 11.2. The smallest absolute Gasteiger partial charge is 0.323 e. The molecule has 3 N–H and O–H groups in total. The molecule has 0 saturated carbocycles. The van der Waals surface area contributed by atoms with E-state index in [9.17, 15) is 9.90 Å². The fourth-order valence-electron chi connectivity index (χ4n) is 1.86. The molecule has 0 amide bonds. The van der Waals surface area contributed by atoms with Crippen molar-refractivity contribution in [2.75, 3.05) is 0 Å². The molecule has 0 aliphatic carbocycles. The number of benzene rings is 1. The summed E-state index contributed by atoms with van der Waals surface area (Å²) in [5.41, 5.74) is 1.96. The van der Waals surface area contributed by atoms with Gasteiger partial charge in [-0.25, -0.2) is 4.79 Å². The molecule has 0 spiro atoms. The van der Waals surface area contributed by atoms with Crippen molar-refractivity contribution >= 4 is 38.3 Å². The van der Waals surface area contributed by atoms with Gasteiger partial charge in [0, 0.05) is 4.88 Å². The van der Waals surface area contributed by atoms with Gasteiger partial charge in [0.15, 0.2) is 0 Å². The maximum Gasteiger partial charge on any atom is 0.323 e. The van der Waals surface area contributed by atoms with Crippen molar-refractivity contribution in [3.05, 3.63) is 55.0 Å². The molecule has 18 heavy (non-hydrogen) atoms. The Kier molecular flexibility index (Phi) is 2.85. The molecule has 1 atom stereocenters. The van der Waals surface area contributed by atoms with Gasteiger partial charge in [-0.15, -0.1) is 11.3 Å². The Bertz CT molecular complexity index is 759. The third kappa shape index (κ3) is 2.03. The lowest BCUT2D eigenvalue weighted by Crippen LogP contribution is -1.99. The van der Waals surface area contributed by atoms with E-state index in [1.54, 1.807) is 12.1 Å². The molecule has 1 aromatic carbocycles. The minimum atomic E-state index is -0.677. The summed E-state index contributed by atoms with van der Waals surface area (Å²) in [7, 11) is 0. The second-order valence-electron chi connectivity index (χ2n) is 3.93. The zero-order valence-corrected chi connectivity index (χ0v) is 11.5. The molecule has 0 radical (unpaired) electrons. The lowest BCUT2D eigenvalue weighted by Gasteiger charge is -2.08. The van der Waals surface area contributed by atoms with Crippen molar-refractivity contribution in [1.82, 2.24) is 9.97 Å². The van der Waals surface area contributed by atoms with Gasteiger partial charge < -0.3 is 15.1 Å². The average Bonchev–Trinajstić information content (AvgIpc) is 2.92. The van der Waals surface area contributed by atoms with Gasteiger partial charge in [-0.05, 0) is 45.8 Å². The van der Waals surface area contributed by atoms with Crippen LogP contribution in [0.4, 0.5) is 0 Å². The molecule has 3 aromatic rings. The van der Waals surface area contributed by atoms with Crippen LogP contribution in [0.15, 0.2) is 38.9 Å². The number of imidazole rings is 1. The van der Waals surface area contributed by atoms with Crippen LogP contribution in [0.1, 0.15) is 16.5 Å². The van der Waals surface area contributed by atoms with Gasteiger partial charge in [-0.2, -0.15) is 0 Å². The van der Waals surface area contributed by atoms with E-state index in [4.69, 9.17) is 0 Å². The number of hydrogen-bond donors (Lipinski definition) is 3. The van der Waals surface area contributed by atoms with Gasteiger partial charge in [0.2, 0.25) is 0 Å². The van der Waals surface area contributed by atoms with Gasteiger partial charge in [0.05, 0.1) is 14.8 Å². The van der Waals surface area contributed by atoms with E-state index in [0.717, 1.165) is 19.7 Å². The molecule has 6 heteroatoms. The van der Waals surface area contributed by atoms with Crippen LogP contribution in [0.5, 0.6) is 0 Å². The minimum absolute atomic E-state index is 0.240. The van der Waals surface area contributed by atoms with E-state index >= 15 is 0 Å².